The minimum absolute atomic E-state index is 0.138. The summed E-state index contributed by atoms with van der Waals surface area (Å²) in [4.78, 5) is 19.3. The number of carbonyl (C=O) groups excluding carboxylic acids is 1. The molecule has 1 atom stereocenters. The smallest absolute Gasteiger partial charge is 0.264 e. The summed E-state index contributed by atoms with van der Waals surface area (Å²) >= 11 is 0. The van der Waals surface area contributed by atoms with Crippen molar-refractivity contribution >= 4 is 11.6 Å². The van der Waals surface area contributed by atoms with Gasteiger partial charge >= 0.3 is 0 Å². The van der Waals surface area contributed by atoms with Crippen LogP contribution in [0.15, 0.2) is 23.4 Å². The van der Waals surface area contributed by atoms with Crippen molar-refractivity contribution in [1.82, 2.24) is 10.2 Å². The Labute approximate surface area is 128 Å². The summed E-state index contributed by atoms with van der Waals surface area (Å²) in [7, 11) is 3.91. The monoisotopic (exact) mass is 305 g/mol. The second kappa shape index (κ2) is 6.23. The van der Waals surface area contributed by atoms with Crippen LogP contribution < -0.4 is 14.8 Å². The van der Waals surface area contributed by atoms with Gasteiger partial charge in [0.05, 0.1) is 5.71 Å². The second-order valence-electron chi connectivity index (χ2n) is 5.50. The van der Waals surface area contributed by atoms with Crippen LogP contribution in [0, 0.1) is 0 Å². The molecule has 1 unspecified atom stereocenters. The first kappa shape index (κ1) is 14.6. The minimum atomic E-state index is -0.567. The maximum absolute atomic E-state index is 12.0. The highest BCUT2D eigenvalue weighted by Gasteiger charge is 2.29. The molecule has 0 aliphatic carbocycles. The van der Waals surface area contributed by atoms with Gasteiger partial charge in [-0.2, -0.15) is 0 Å². The summed E-state index contributed by atoms with van der Waals surface area (Å²) in [6, 6.07) is 5.59. The number of likely N-dealkylation sites (N-methyl/N-ethyl adjacent to an activating group) is 1. The Kier molecular flexibility index (Phi) is 4.15. The first-order chi connectivity index (χ1) is 10.6. The highest BCUT2D eigenvalue weighted by Crippen LogP contribution is 2.33. The number of ether oxygens (including phenoxy) is 2. The number of rotatable bonds is 5. The summed E-state index contributed by atoms with van der Waals surface area (Å²) in [6.45, 7) is 1.61. The van der Waals surface area contributed by atoms with Crippen LogP contribution in [-0.2, 0) is 9.63 Å². The third kappa shape index (κ3) is 3.14. The molecule has 0 saturated carbocycles. The van der Waals surface area contributed by atoms with Crippen LogP contribution in [0.1, 0.15) is 12.0 Å². The van der Waals surface area contributed by atoms with Gasteiger partial charge in [-0.25, -0.2) is 0 Å². The molecule has 0 spiro atoms. The maximum Gasteiger partial charge on any atom is 0.264 e. The van der Waals surface area contributed by atoms with E-state index in [1.54, 1.807) is 0 Å². The molecule has 3 rings (SSSR count). The van der Waals surface area contributed by atoms with Crippen LogP contribution in [0.5, 0.6) is 11.5 Å². The Balaban J connectivity index is 1.56. The molecule has 1 aromatic rings. The Hall–Kier alpha value is -2.28. The zero-order chi connectivity index (χ0) is 15.5. The molecule has 7 heteroatoms. The van der Waals surface area contributed by atoms with E-state index in [2.05, 4.69) is 10.5 Å². The summed E-state index contributed by atoms with van der Waals surface area (Å²) in [5, 5.41) is 6.87. The van der Waals surface area contributed by atoms with Crippen LogP contribution in [0.2, 0.25) is 0 Å². The van der Waals surface area contributed by atoms with Gasteiger partial charge in [0, 0.05) is 25.1 Å². The summed E-state index contributed by atoms with van der Waals surface area (Å²) in [6.07, 6.45) is -0.115. The van der Waals surface area contributed by atoms with Crippen molar-refractivity contribution in [3.05, 3.63) is 23.8 Å². The molecule has 22 heavy (non-hydrogen) atoms. The number of fused-ring (bicyclic) bond motifs is 1. The van der Waals surface area contributed by atoms with E-state index in [4.69, 9.17) is 14.3 Å². The van der Waals surface area contributed by atoms with Crippen LogP contribution in [0.25, 0.3) is 0 Å². The van der Waals surface area contributed by atoms with Gasteiger partial charge in [-0.05, 0) is 32.3 Å². The van der Waals surface area contributed by atoms with E-state index in [0.29, 0.717) is 18.7 Å². The van der Waals surface area contributed by atoms with Gasteiger partial charge in [-0.1, -0.05) is 5.16 Å². The summed E-state index contributed by atoms with van der Waals surface area (Å²) in [5.41, 5.74) is 1.62. The number of amides is 1. The number of nitrogens with zero attached hydrogens (tertiary/aromatic N) is 2. The molecule has 118 valence electrons. The number of hydrogen-bond acceptors (Lipinski definition) is 6. The largest absolute Gasteiger partial charge is 0.454 e. The van der Waals surface area contributed by atoms with Crippen LogP contribution in [0.4, 0.5) is 0 Å². The molecular weight excluding hydrogens is 286 g/mol. The van der Waals surface area contributed by atoms with Gasteiger partial charge in [0.15, 0.2) is 11.5 Å². The predicted molar refractivity (Wildman–Crippen MR) is 80.2 cm³/mol. The molecule has 2 aliphatic rings. The molecule has 2 aliphatic heterocycles. The van der Waals surface area contributed by atoms with Crippen LogP contribution >= 0.6 is 0 Å². The number of carbonyl (C=O) groups is 1. The Morgan fingerprint density at radius 2 is 2.18 bits per heavy atom. The number of nitrogens with one attached hydrogen (secondary N) is 1. The minimum Gasteiger partial charge on any atom is -0.454 e. The maximum atomic E-state index is 12.0. The molecule has 0 fully saturated rings. The SMILES string of the molecule is CN(C)CCNC(=O)C1CC(c2ccc3c(c2)OCO3)=NO1. The average Bonchev–Trinajstić information content (AvgIpc) is 3.15. The molecule has 0 bridgehead atoms. The lowest BCUT2D eigenvalue weighted by molar-refractivity contribution is -0.131. The van der Waals surface area contributed by atoms with E-state index in [0.717, 1.165) is 23.6 Å². The van der Waals surface area contributed by atoms with E-state index in [-0.39, 0.29) is 12.7 Å². The van der Waals surface area contributed by atoms with Crippen molar-refractivity contribution in [2.24, 2.45) is 5.16 Å². The quantitative estimate of drug-likeness (QED) is 0.862. The van der Waals surface area contributed by atoms with Gasteiger partial charge in [-0.15, -0.1) is 0 Å². The average molecular weight is 305 g/mol. The lowest BCUT2D eigenvalue weighted by atomic mass is 10.0. The first-order valence-corrected chi connectivity index (χ1v) is 7.18. The number of oxime groups is 1. The fourth-order valence-electron chi connectivity index (χ4n) is 2.28. The predicted octanol–water partition coefficient (Wildman–Crippen LogP) is 0.586. The first-order valence-electron chi connectivity index (χ1n) is 7.18. The highest BCUT2D eigenvalue weighted by atomic mass is 16.7. The summed E-state index contributed by atoms with van der Waals surface area (Å²) < 4.78 is 10.6. The molecular formula is C15H19N3O4. The van der Waals surface area contributed by atoms with Crippen molar-refractivity contribution < 1.29 is 19.1 Å². The Bertz CT molecular complexity index is 600. The van der Waals surface area contributed by atoms with Gasteiger partial charge in [0.1, 0.15) is 0 Å². The van der Waals surface area contributed by atoms with Gasteiger partial charge in [-0.3, -0.25) is 4.79 Å². The molecule has 1 aromatic carbocycles. The fourth-order valence-corrected chi connectivity index (χ4v) is 2.28. The van der Waals surface area contributed by atoms with E-state index in [1.807, 2.05) is 37.2 Å². The van der Waals surface area contributed by atoms with E-state index >= 15 is 0 Å². The molecule has 1 amide bonds. The van der Waals surface area contributed by atoms with Gasteiger partial charge in [0.25, 0.3) is 5.91 Å². The summed E-state index contributed by atoms with van der Waals surface area (Å²) in [5.74, 6) is 1.28. The standard InChI is InChI=1S/C15H19N3O4/c1-18(2)6-5-16-15(19)14-8-11(17-22-14)10-3-4-12-13(7-10)21-9-20-12/h3-4,7,14H,5-6,8-9H2,1-2H3,(H,16,19). The Morgan fingerprint density at radius 1 is 1.36 bits per heavy atom. The van der Waals surface area contributed by atoms with Gasteiger partial charge < -0.3 is 24.5 Å². The third-order valence-electron chi connectivity index (χ3n) is 3.53. The van der Waals surface area contributed by atoms with Crippen molar-refractivity contribution in [1.29, 1.82) is 0 Å². The molecule has 2 heterocycles. The van der Waals surface area contributed by atoms with E-state index < -0.39 is 6.10 Å². The molecule has 7 nitrogen and oxygen atoms in total. The fraction of sp³-hybridized carbons (Fsp3) is 0.467. The molecule has 0 aromatic heterocycles. The number of hydrogen-bond donors (Lipinski definition) is 1. The normalized spacial score (nSPS) is 19.0. The second-order valence-corrected chi connectivity index (χ2v) is 5.50. The lowest BCUT2D eigenvalue weighted by Crippen LogP contribution is -2.38. The van der Waals surface area contributed by atoms with Crippen molar-refractivity contribution in [3.63, 3.8) is 0 Å². The number of benzene rings is 1. The van der Waals surface area contributed by atoms with E-state index in [9.17, 15) is 4.79 Å². The van der Waals surface area contributed by atoms with Crippen molar-refractivity contribution in [3.8, 4) is 11.5 Å². The van der Waals surface area contributed by atoms with Crippen molar-refractivity contribution in [2.45, 2.75) is 12.5 Å². The zero-order valence-electron chi connectivity index (χ0n) is 12.7. The topological polar surface area (TPSA) is 72.4 Å². The molecule has 1 N–H and O–H groups in total. The highest BCUT2D eigenvalue weighted by molar-refractivity contribution is 6.04. The zero-order valence-corrected chi connectivity index (χ0v) is 12.7. The third-order valence-corrected chi connectivity index (χ3v) is 3.53. The van der Waals surface area contributed by atoms with Crippen LogP contribution in [0.3, 0.4) is 0 Å². The van der Waals surface area contributed by atoms with Crippen molar-refractivity contribution in [2.75, 3.05) is 34.0 Å². The molecule has 0 radical (unpaired) electrons. The van der Waals surface area contributed by atoms with Gasteiger partial charge in [0.2, 0.25) is 12.9 Å². The van der Waals surface area contributed by atoms with Crippen LogP contribution in [-0.4, -0.2) is 56.6 Å². The lowest BCUT2D eigenvalue weighted by Gasteiger charge is -2.12. The Morgan fingerprint density at radius 3 is 3.00 bits per heavy atom. The van der Waals surface area contributed by atoms with E-state index in [1.165, 1.54) is 0 Å². The molecule has 0 saturated heterocycles.